The van der Waals surface area contributed by atoms with E-state index in [2.05, 4.69) is 33.2 Å². The minimum atomic E-state index is -0.327. The maximum atomic E-state index is 13.2. The normalized spacial score (nSPS) is 21.3. The highest BCUT2D eigenvalue weighted by atomic mass is 79.9. The molecule has 1 aliphatic heterocycles. The van der Waals surface area contributed by atoms with Crippen LogP contribution in [0.15, 0.2) is 16.6 Å². The van der Waals surface area contributed by atoms with Gasteiger partial charge in [0.15, 0.2) is 0 Å². The van der Waals surface area contributed by atoms with Crippen molar-refractivity contribution in [1.29, 1.82) is 0 Å². The van der Waals surface area contributed by atoms with Crippen LogP contribution in [-0.2, 0) is 0 Å². The monoisotopic (exact) mass is 287 g/mol. The van der Waals surface area contributed by atoms with Crippen molar-refractivity contribution in [2.24, 2.45) is 0 Å². The van der Waals surface area contributed by atoms with E-state index in [4.69, 9.17) is 5.73 Å². The summed E-state index contributed by atoms with van der Waals surface area (Å²) in [5.41, 5.74) is 7.02. The quantitative estimate of drug-likeness (QED) is 0.820. The van der Waals surface area contributed by atoms with Crippen molar-refractivity contribution in [3.8, 4) is 0 Å². The molecular formula is C11H15BrFN3. The smallest absolute Gasteiger partial charge is 0.139 e. The van der Waals surface area contributed by atoms with E-state index in [1.807, 2.05) is 0 Å². The molecular weight excluding hydrogens is 273 g/mol. The molecule has 0 aromatic heterocycles. The summed E-state index contributed by atoms with van der Waals surface area (Å²) in [5, 5.41) is 3.34. The van der Waals surface area contributed by atoms with Crippen LogP contribution in [0.2, 0.25) is 0 Å². The molecule has 2 rings (SSSR count). The van der Waals surface area contributed by atoms with Gasteiger partial charge in [-0.1, -0.05) is 0 Å². The predicted octanol–water partition coefficient (Wildman–Crippen LogP) is 2.29. The molecule has 1 unspecified atom stereocenters. The molecule has 5 heteroatoms. The highest BCUT2D eigenvalue weighted by Gasteiger charge is 2.20. The summed E-state index contributed by atoms with van der Waals surface area (Å²) < 4.78 is 13.6. The molecule has 0 radical (unpaired) electrons. The molecule has 1 heterocycles. The Bertz CT molecular complexity index is 397. The second kappa shape index (κ2) is 4.59. The van der Waals surface area contributed by atoms with Gasteiger partial charge in [0.1, 0.15) is 5.82 Å². The number of rotatable bonds is 2. The Morgan fingerprint density at radius 3 is 2.94 bits per heavy atom. The molecule has 3 N–H and O–H groups in total. The van der Waals surface area contributed by atoms with Gasteiger partial charge in [-0.2, -0.15) is 0 Å². The fourth-order valence-corrected chi connectivity index (χ4v) is 2.30. The highest BCUT2D eigenvalue weighted by molar-refractivity contribution is 9.10. The van der Waals surface area contributed by atoms with Gasteiger partial charge in [-0.3, -0.25) is 0 Å². The van der Waals surface area contributed by atoms with E-state index in [0.717, 1.165) is 25.2 Å². The first-order chi connectivity index (χ1) is 7.56. The molecule has 88 valence electrons. The van der Waals surface area contributed by atoms with Crippen molar-refractivity contribution in [2.45, 2.75) is 12.5 Å². The average Bonchev–Trinajstić information content (AvgIpc) is 2.60. The van der Waals surface area contributed by atoms with Gasteiger partial charge >= 0.3 is 0 Å². The Morgan fingerprint density at radius 2 is 2.31 bits per heavy atom. The summed E-state index contributed by atoms with van der Waals surface area (Å²) in [4.78, 5) is 2.26. The maximum absolute atomic E-state index is 13.2. The Hall–Kier alpha value is -0.810. The van der Waals surface area contributed by atoms with Crippen molar-refractivity contribution in [3.05, 3.63) is 22.4 Å². The van der Waals surface area contributed by atoms with E-state index >= 15 is 0 Å². The molecule has 1 aromatic carbocycles. The van der Waals surface area contributed by atoms with E-state index in [1.54, 1.807) is 6.07 Å². The molecule has 0 amide bonds. The zero-order chi connectivity index (χ0) is 11.7. The lowest BCUT2D eigenvalue weighted by Gasteiger charge is -2.16. The van der Waals surface area contributed by atoms with Crippen LogP contribution in [-0.4, -0.2) is 31.1 Å². The fraction of sp³-hybridized carbons (Fsp3) is 0.455. The number of nitrogens with zero attached hydrogens (tertiary/aromatic N) is 1. The summed E-state index contributed by atoms with van der Waals surface area (Å²) >= 11 is 3.16. The predicted molar refractivity (Wildman–Crippen MR) is 68.0 cm³/mol. The molecule has 0 saturated carbocycles. The van der Waals surface area contributed by atoms with Crippen molar-refractivity contribution >= 4 is 27.3 Å². The summed E-state index contributed by atoms with van der Waals surface area (Å²) in [6.45, 7) is 2.08. The number of likely N-dealkylation sites (tertiary alicyclic amines) is 1. The molecule has 3 nitrogen and oxygen atoms in total. The third-order valence-corrected chi connectivity index (χ3v) is 3.45. The van der Waals surface area contributed by atoms with Gasteiger partial charge in [-0.25, -0.2) is 4.39 Å². The lowest BCUT2D eigenvalue weighted by Crippen LogP contribution is -2.24. The maximum Gasteiger partial charge on any atom is 0.139 e. The van der Waals surface area contributed by atoms with E-state index in [9.17, 15) is 4.39 Å². The van der Waals surface area contributed by atoms with Crippen molar-refractivity contribution in [2.75, 3.05) is 31.2 Å². The lowest BCUT2D eigenvalue weighted by molar-refractivity contribution is 0.414. The zero-order valence-corrected chi connectivity index (χ0v) is 10.7. The number of anilines is 2. The van der Waals surface area contributed by atoms with E-state index < -0.39 is 0 Å². The van der Waals surface area contributed by atoms with Crippen LogP contribution in [0.25, 0.3) is 0 Å². The van der Waals surface area contributed by atoms with E-state index in [1.165, 1.54) is 6.07 Å². The number of nitrogens with one attached hydrogen (secondary N) is 1. The summed E-state index contributed by atoms with van der Waals surface area (Å²) in [5.74, 6) is -0.327. The molecule has 1 aliphatic rings. The average molecular weight is 288 g/mol. The van der Waals surface area contributed by atoms with Gasteiger partial charge in [-0.15, -0.1) is 0 Å². The number of hydrogen-bond acceptors (Lipinski definition) is 3. The molecule has 1 aromatic rings. The SMILES string of the molecule is CN1CCC(Nc2cc(Br)c(F)cc2N)C1. The molecule has 1 saturated heterocycles. The van der Waals surface area contributed by atoms with Crippen molar-refractivity contribution < 1.29 is 4.39 Å². The van der Waals surface area contributed by atoms with Gasteiger partial charge in [0.2, 0.25) is 0 Å². The summed E-state index contributed by atoms with van der Waals surface area (Å²) in [6.07, 6.45) is 1.09. The standard InChI is InChI=1S/C11H15BrFN3/c1-16-3-2-7(6-16)15-11-4-8(12)9(13)5-10(11)14/h4-5,7,15H,2-3,6,14H2,1H3. The third-order valence-electron chi connectivity index (χ3n) is 2.84. The minimum absolute atomic E-state index is 0.327. The van der Waals surface area contributed by atoms with Crippen LogP contribution in [0.3, 0.4) is 0 Å². The number of benzene rings is 1. The zero-order valence-electron chi connectivity index (χ0n) is 9.13. The van der Waals surface area contributed by atoms with E-state index in [0.29, 0.717) is 16.2 Å². The Labute approximate surface area is 103 Å². The fourth-order valence-electron chi connectivity index (χ4n) is 1.96. The first-order valence-corrected chi connectivity index (χ1v) is 6.05. The summed E-state index contributed by atoms with van der Waals surface area (Å²) in [6, 6.07) is 3.43. The van der Waals surface area contributed by atoms with Gasteiger partial charge in [0.05, 0.1) is 15.8 Å². The van der Waals surface area contributed by atoms with Gasteiger partial charge in [0, 0.05) is 18.7 Å². The third kappa shape index (κ3) is 2.47. The first-order valence-electron chi connectivity index (χ1n) is 5.26. The number of nitrogen functional groups attached to an aromatic ring is 1. The molecule has 0 spiro atoms. The topological polar surface area (TPSA) is 41.3 Å². The van der Waals surface area contributed by atoms with Crippen LogP contribution in [0.5, 0.6) is 0 Å². The number of halogens is 2. The van der Waals surface area contributed by atoms with Crippen LogP contribution in [0.4, 0.5) is 15.8 Å². The first kappa shape index (κ1) is 11.7. The number of nitrogens with two attached hydrogens (primary N) is 1. The number of hydrogen-bond donors (Lipinski definition) is 2. The van der Waals surface area contributed by atoms with Crippen molar-refractivity contribution in [1.82, 2.24) is 4.90 Å². The second-order valence-corrected chi connectivity index (χ2v) is 5.10. The van der Waals surface area contributed by atoms with Crippen LogP contribution >= 0.6 is 15.9 Å². The van der Waals surface area contributed by atoms with Gasteiger partial charge in [0.25, 0.3) is 0 Å². The molecule has 1 fully saturated rings. The Kier molecular flexibility index (Phi) is 3.35. The minimum Gasteiger partial charge on any atom is -0.397 e. The molecule has 16 heavy (non-hydrogen) atoms. The van der Waals surface area contributed by atoms with Gasteiger partial charge in [-0.05, 0) is 42.0 Å². The highest BCUT2D eigenvalue weighted by Crippen LogP contribution is 2.28. The Balaban J connectivity index is 2.12. The number of likely N-dealkylation sites (N-methyl/N-ethyl adjacent to an activating group) is 1. The molecule has 1 atom stereocenters. The van der Waals surface area contributed by atoms with E-state index in [-0.39, 0.29) is 5.82 Å². The molecule has 0 bridgehead atoms. The van der Waals surface area contributed by atoms with Crippen LogP contribution in [0, 0.1) is 5.82 Å². The lowest BCUT2D eigenvalue weighted by atomic mass is 10.2. The Morgan fingerprint density at radius 1 is 1.56 bits per heavy atom. The van der Waals surface area contributed by atoms with Gasteiger partial charge < -0.3 is 16.0 Å². The van der Waals surface area contributed by atoms with Crippen LogP contribution < -0.4 is 11.1 Å². The van der Waals surface area contributed by atoms with Crippen molar-refractivity contribution in [3.63, 3.8) is 0 Å². The largest absolute Gasteiger partial charge is 0.397 e. The molecule has 0 aliphatic carbocycles. The van der Waals surface area contributed by atoms with Crippen LogP contribution in [0.1, 0.15) is 6.42 Å². The summed E-state index contributed by atoms with van der Waals surface area (Å²) in [7, 11) is 2.09. The second-order valence-electron chi connectivity index (χ2n) is 4.25.